The van der Waals surface area contributed by atoms with Gasteiger partial charge >= 0.3 is 5.97 Å². The normalized spacial score (nSPS) is 12.0. The summed E-state index contributed by atoms with van der Waals surface area (Å²) >= 11 is 5.98. The number of hydrogen-bond acceptors (Lipinski definition) is 3. The van der Waals surface area contributed by atoms with Gasteiger partial charge in [0.25, 0.3) is 5.91 Å². The third-order valence-electron chi connectivity index (χ3n) is 2.66. The molecule has 112 valence electrons. The Balaban J connectivity index is 2.86. The Bertz CT molecular complexity index is 599. The van der Waals surface area contributed by atoms with Crippen molar-refractivity contribution in [3.63, 3.8) is 0 Å². The summed E-state index contributed by atoms with van der Waals surface area (Å²) in [5.41, 5.74) is 0.762. The minimum absolute atomic E-state index is 0.243. The molecule has 0 fully saturated rings. The Morgan fingerprint density at radius 1 is 1.33 bits per heavy atom. The van der Waals surface area contributed by atoms with E-state index in [4.69, 9.17) is 16.7 Å². The van der Waals surface area contributed by atoms with Gasteiger partial charge in [-0.05, 0) is 30.7 Å². The topological polar surface area (TPSA) is 95.5 Å². The van der Waals surface area contributed by atoms with Crippen LogP contribution in [0.5, 0.6) is 0 Å². The van der Waals surface area contributed by atoms with Crippen LogP contribution in [0.3, 0.4) is 0 Å². The molecule has 0 saturated heterocycles. The summed E-state index contributed by atoms with van der Waals surface area (Å²) in [5, 5.41) is 13.7. The number of benzene rings is 1. The van der Waals surface area contributed by atoms with Crippen LogP contribution in [0.15, 0.2) is 24.3 Å². The minimum Gasteiger partial charge on any atom is -0.478 e. The average Bonchev–Trinajstić information content (AvgIpc) is 2.44. The van der Waals surface area contributed by atoms with Crippen LogP contribution in [0, 0.1) is 0 Å². The monoisotopic (exact) mass is 310 g/mol. The van der Waals surface area contributed by atoms with Gasteiger partial charge in [-0.15, -0.1) is 0 Å². The van der Waals surface area contributed by atoms with E-state index in [9.17, 15) is 14.4 Å². The number of halogens is 1. The van der Waals surface area contributed by atoms with Crippen molar-refractivity contribution in [2.75, 3.05) is 7.05 Å². The zero-order chi connectivity index (χ0) is 16.0. The molecule has 0 aliphatic heterocycles. The average molecular weight is 311 g/mol. The number of amides is 2. The third-order valence-corrected chi connectivity index (χ3v) is 2.98. The van der Waals surface area contributed by atoms with Crippen LogP contribution in [0.2, 0.25) is 5.02 Å². The first kappa shape index (κ1) is 16.7. The Hall–Kier alpha value is -2.34. The Kier molecular flexibility index (Phi) is 5.92. The molecule has 1 aromatic rings. The van der Waals surface area contributed by atoms with Crippen molar-refractivity contribution in [1.82, 2.24) is 10.6 Å². The summed E-state index contributed by atoms with van der Waals surface area (Å²) in [6.45, 7) is 1.56. The predicted octanol–water partition coefficient (Wildman–Crippen LogP) is 1.30. The van der Waals surface area contributed by atoms with Gasteiger partial charge in [-0.25, -0.2) is 4.79 Å². The maximum absolute atomic E-state index is 11.9. The highest BCUT2D eigenvalue weighted by Crippen LogP contribution is 2.19. The maximum Gasteiger partial charge on any atom is 0.328 e. The zero-order valence-corrected chi connectivity index (χ0v) is 12.3. The number of carboxylic acids is 1. The van der Waals surface area contributed by atoms with E-state index in [1.54, 1.807) is 6.92 Å². The van der Waals surface area contributed by atoms with Gasteiger partial charge in [-0.2, -0.15) is 0 Å². The van der Waals surface area contributed by atoms with Gasteiger partial charge in [0, 0.05) is 23.7 Å². The second-order valence-corrected chi connectivity index (χ2v) is 4.62. The quantitative estimate of drug-likeness (QED) is 0.714. The molecule has 0 aliphatic carbocycles. The second kappa shape index (κ2) is 7.44. The third kappa shape index (κ3) is 4.92. The lowest BCUT2D eigenvalue weighted by molar-refractivity contribution is -0.131. The van der Waals surface area contributed by atoms with Gasteiger partial charge < -0.3 is 15.7 Å². The van der Waals surface area contributed by atoms with E-state index in [2.05, 4.69) is 10.6 Å². The molecule has 0 saturated carbocycles. The van der Waals surface area contributed by atoms with Crippen molar-refractivity contribution in [1.29, 1.82) is 0 Å². The van der Waals surface area contributed by atoms with Crippen LogP contribution in [-0.2, 0) is 9.59 Å². The molecule has 0 spiro atoms. The van der Waals surface area contributed by atoms with Crippen molar-refractivity contribution in [2.24, 2.45) is 0 Å². The minimum atomic E-state index is -1.09. The summed E-state index contributed by atoms with van der Waals surface area (Å²) in [4.78, 5) is 33.7. The highest BCUT2D eigenvalue weighted by Gasteiger charge is 2.15. The number of rotatable bonds is 5. The van der Waals surface area contributed by atoms with E-state index >= 15 is 0 Å². The van der Waals surface area contributed by atoms with E-state index < -0.39 is 17.9 Å². The molecule has 0 bridgehead atoms. The van der Waals surface area contributed by atoms with Gasteiger partial charge in [-0.3, -0.25) is 9.59 Å². The summed E-state index contributed by atoms with van der Waals surface area (Å²) in [6.07, 6.45) is 2.29. The largest absolute Gasteiger partial charge is 0.478 e. The smallest absolute Gasteiger partial charge is 0.328 e. The molecular weight excluding hydrogens is 296 g/mol. The molecule has 2 amide bonds. The number of carbonyl (C=O) groups is 3. The first-order chi connectivity index (χ1) is 9.85. The van der Waals surface area contributed by atoms with Crippen molar-refractivity contribution in [3.8, 4) is 0 Å². The second-order valence-electron chi connectivity index (χ2n) is 4.22. The van der Waals surface area contributed by atoms with Crippen LogP contribution in [0.4, 0.5) is 0 Å². The van der Waals surface area contributed by atoms with Crippen LogP contribution >= 0.6 is 11.6 Å². The number of hydrogen-bond donors (Lipinski definition) is 3. The number of carbonyl (C=O) groups excluding carboxylic acids is 2. The van der Waals surface area contributed by atoms with Crippen molar-refractivity contribution >= 4 is 35.5 Å². The van der Waals surface area contributed by atoms with Crippen LogP contribution in [-0.4, -0.2) is 36.0 Å². The molecule has 1 rings (SSSR count). The van der Waals surface area contributed by atoms with Crippen molar-refractivity contribution < 1.29 is 19.5 Å². The number of likely N-dealkylation sites (N-methyl/N-ethyl adjacent to an activating group) is 1. The van der Waals surface area contributed by atoms with E-state index in [1.165, 1.54) is 31.3 Å². The fourth-order valence-corrected chi connectivity index (χ4v) is 1.77. The molecule has 1 aromatic carbocycles. The van der Waals surface area contributed by atoms with Gasteiger partial charge in [0.2, 0.25) is 5.91 Å². The fourth-order valence-electron chi connectivity index (χ4n) is 1.53. The highest BCUT2D eigenvalue weighted by atomic mass is 35.5. The lowest BCUT2D eigenvalue weighted by Gasteiger charge is -2.12. The van der Waals surface area contributed by atoms with Crippen molar-refractivity contribution in [2.45, 2.75) is 13.0 Å². The summed E-state index contributed by atoms with van der Waals surface area (Å²) < 4.78 is 0. The molecule has 0 aliphatic rings. The van der Waals surface area contributed by atoms with Gasteiger partial charge in [-0.1, -0.05) is 17.7 Å². The molecule has 1 unspecified atom stereocenters. The first-order valence-corrected chi connectivity index (χ1v) is 6.46. The molecule has 1 atom stereocenters. The zero-order valence-electron chi connectivity index (χ0n) is 11.5. The van der Waals surface area contributed by atoms with E-state index in [1.807, 2.05) is 0 Å². The maximum atomic E-state index is 11.9. The van der Waals surface area contributed by atoms with Crippen LogP contribution in [0.1, 0.15) is 22.8 Å². The summed E-state index contributed by atoms with van der Waals surface area (Å²) in [6, 6.07) is 3.77. The van der Waals surface area contributed by atoms with E-state index in [-0.39, 0.29) is 16.5 Å². The van der Waals surface area contributed by atoms with Gasteiger partial charge in [0.05, 0.1) is 0 Å². The van der Waals surface area contributed by atoms with Crippen LogP contribution < -0.4 is 10.6 Å². The standard InChI is InChI=1S/C14H15ClN2O4/c1-8(13(20)16-2)17-14(21)10-4-3-9(11(15)7-10)5-6-12(18)19/h3-8H,1-2H3,(H,16,20)(H,17,21)(H,18,19)/b6-5+. The summed E-state index contributed by atoms with van der Waals surface area (Å²) in [5.74, 6) is -1.84. The van der Waals surface area contributed by atoms with E-state index in [0.29, 0.717) is 5.56 Å². The van der Waals surface area contributed by atoms with Crippen molar-refractivity contribution in [3.05, 3.63) is 40.4 Å². The molecular formula is C14H15ClN2O4. The highest BCUT2D eigenvalue weighted by molar-refractivity contribution is 6.32. The SMILES string of the molecule is CNC(=O)C(C)NC(=O)c1ccc(/C=C/C(=O)O)c(Cl)c1. The first-order valence-electron chi connectivity index (χ1n) is 6.08. The number of nitrogens with one attached hydrogen (secondary N) is 2. The molecule has 3 N–H and O–H groups in total. The molecule has 0 radical (unpaired) electrons. The lowest BCUT2D eigenvalue weighted by atomic mass is 10.1. The van der Waals surface area contributed by atoms with E-state index in [0.717, 1.165) is 6.08 Å². The number of carboxylic acid groups (broad SMARTS) is 1. The molecule has 6 nitrogen and oxygen atoms in total. The predicted molar refractivity (Wildman–Crippen MR) is 79.1 cm³/mol. The lowest BCUT2D eigenvalue weighted by Crippen LogP contribution is -2.43. The Morgan fingerprint density at radius 2 is 2.00 bits per heavy atom. The van der Waals surface area contributed by atoms with Gasteiger partial charge in [0.1, 0.15) is 6.04 Å². The molecule has 7 heteroatoms. The molecule has 0 heterocycles. The summed E-state index contributed by atoms with van der Waals surface area (Å²) in [7, 11) is 1.48. The van der Waals surface area contributed by atoms with Gasteiger partial charge in [0.15, 0.2) is 0 Å². The molecule has 21 heavy (non-hydrogen) atoms. The number of aliphatic carboxylic acids is 1. The molecule has 0 aromatic heterocycles. The Labute approximate surface area is 126 Å². The fraction of sp³-hybridized carbons (Fsp3) is 0.214. The van der Waals surface area contributed by atoms with Crippen LogP contribution in [0.25, 0.3) is 6.08 Å². The Morgan fingerprint density at radius 3 is 2.52 bits per heavy atom.